The number of fused-ring (bicyclic) bond motifs is 1. The van der Waals surface area contributed by atoms with E-state index in [4.69, 9.17) is 11.6 Å². The first-order valence-corrected chi connectivity index (χ1v) is 10.1. The van der Waals surface area contributed by atoms with Crippen LogP contribution in [0.15, 0.2) is 53.3 Å². The Morgan fingerprint density at radius 1 is 1.18 bits per heavy atom. The molecule has 0 aliphatic heterocycles. The summed E-state index contributed by atoms with van der Waals surface area (Å²) >= 11 is 11.0. The van der Waals surface area contributed by atoms with Crippen molar-refractivity contribution >= 4 is 66.3 Å². The minimum absolute atomic E-state index is 0.00424. The van der Waals surface area contributed by atoms with E-state index in [0.717, 1.165) is 26.2 Å². The molecule has 6 nitrogen and oxygen atoms in total. The van der Waals surface area contributed by atoms with Crippen LogP contribution in [0, 0.1) is 17.0 Å². The van der Waals surface area contributed by atoms with Gasteiger partial charge in [0.05, 0.1) is 16.0 Å². The van der Waals surface area contributed by atoms with Gasteiger partial charge in [0.2, 0.25) is 0 Å². The van der Waals surface area contributed by atoms with Gasteiger partial charge in [0.25, 0.3) is 5.69 Å². The highest BCUT2D eigenvalue weighted by atomic mass is 79.9. The summed E-state index contributed by atoms with van der Waals surface area (Å²) in [6.07, 6.45) is 1.48. The van der Waals surface area contributed by atoms with Crippen LogP contribution in [-0.2, 0) is 0 Å². The van der Waals surface area contributed by atoms with Gasteiger partial charge in [0.15, 0.2) is 0 Å². The fourth-order valence-corrected chi connectivity index (χ4v) is 4.44. The second kappa shape index (κ2) is 7.46. The number of hydrogen-bond donors (Lipinski definition) is 1. The summed E-state index contributed by atoms with van der Waals surface area (Å²) in [5.74, 6) is 0.584. The van der Waals surface area contributed by atoms with Crippen molar-refractivity contribution in [3.63, 3.8) is 0 Å². The average molecular weight is 476 g/mol. The summed E-state index contributed by atoms with van der Waals surface area (Å²) in [6.45, 7) is 2.03. The smallest absolute Gasteiger partial charge is 0.271 e. The Morgan fingerprint density at radius 2 is 1.93 bits per heavy atom. The molecule has 2 aromatic heterocycles. The van der Waals surface area contributed by atoms with E-state index in [9.17, 15) is 10.1 Å². The summed E-state index contributed by atoms with van der Waals surface area (Å²) < 4.78 is 0.699. The molecule has 0 aliphatic rings. The summed E-state index contributed by atoms with van der Waals surface area (Å²) in [5.41, 5.74) is 2.57. The predicted octanol–water partition coefficient (Wildman–Crippen LogP) is 6.73. The minimum atomic E-state index is -0.429. The van der Waals surface area contributed by atoms with Crippen LogP contribution in [-0.4, -0.2) is 14.9 Å². The molecule has 28 heavy (non-hydrogen) atoms. The zero-order chi connectivity index (χ0) is 19.8. The number of benzene rings is 2. The summed E-state index contributed by atoms with van der Waals surface area (Å²) in [4.78, 5) is 21.4. The molecule has 0 radical (unpaired) electrons. The molecule has 0 unspecified atom stereocenters. The number of nitrogens with zero attached hydrogens (tertiary/aromatic N) is 3. The molecule has 0 fully saturated rings. The van der Waals surface area contributed by atoms with E-state index in [1.807, 2.05) is 31.2 Å². The van der Waals surface area contributed by atoms with Crippen LogP contribution in [0.2, 0.25) is 5.02 Å². The first-order valence-electron chi connectivity index (χ1n) is 8.15. The van der Waals surface area contributed by atoms with Gasteiger partial charge in [-0.2, -0.15) is 0 Å². The number of nitro groups is 1. The summed E-state index contributed by atoms with van der Waals surface area (Å²) in [7, 11) is 0. The lowest BCUT2D eigenvalue weighted by Gasteiger charge is -2.10. The van der Waals surface area contributed by atoms with Gasteiger partial charge in [-0.3, -0.25) is 10.1 Å². The molecule has 0 saturated carbocycles. The first kappa shape index (κ1) is 18.8. The van der Waals surface area contributed by atoms with Crippen molar-refractivity contribution in [3.05, 3.63) is 73.3 Å². The van der Waals surface area contributed by atoms with Crippen LogP contribution in [0.3, 0.4) is 0 Å². The molecule has 4 rings (SSSR count). The highest BCUT2D eigenvalue weighted by molar-refractivity contribution is 9.10. The molecule has 140 valence electrons. The number of non-ortho nitro benzene ring substituents is 1. The standard InChI is InChI=1S/C19H12BrClN4O2S/c1-10-16(11-2-4-12(21)5-3-11)17-18(22-9-23-19(17)28-10)24-15-8-13(25(26)27)6-7-14(15)20/h2-9H,1H3,(H,22,23,24). The minimum Gasteiger partial charge on any atom is -0.338 e. The van der Waals surface area contributed by atoms with Crippen LogP contribution < -0.4 is 5.32 Å². The Bertz CT molecular complexity index is 1210. The maximum atomic E-state index is 11.1. The van der Waals surface area contributed by atoms with Crippen molar-refractivity contribution in [3.8, 4) is 11.1 Å². The van der Waals surface area contributed by atoms with Crippen LogP contribution >= 0.6 is 38.9 Å². The van der Waals surface area contributed by atoms with Crippen molar-refractivity contribution in [2.75, 3.05) is 5.32 Å². The SMILES string of the molecule is Cc1sc2ncnc(Nc3cc([N+](=O)[O-])ccc3Br)c2c1-c1ccc(Cl)cc1. The van der Waals surface area contributed by atoms with Gasteiger partial charge in [-0.25, -0.2) is 9.97 Å². The lowest BCUT2D eigenvalue weighted by atomic mass is 10.0. The zero-order valence-corrected chi connectivity index (χ0v) is 17.6. The van der Waals surface area contributed by atoms with E-state index < -0.39 is 4.92 Å². The number of anilines is 2. The lowest BCUT2D eigenvalue weighted by Crippen LogP contribution is -1.98. The molecule has 0 saturated heterocycles. The van der Waals surface area contributed by atoms with E-state index in [1.54, 1.807) is 17.4 Å². The van der Waals surface area contributed by atoms with Gasteiger partial charge in [0, 0.05) is 32.1 Å². The largest absolute Gasteiger partial charge is 0.338 e. The van der Waals surface area contributed by atoms with Crippen molar-refractivity contribution < 1.29 is 4.92 Å². The van der Waals surface area contributed by atoms with Crippen molar-refractivity contribution in [1.29, 1.82) is 0 Å². The number of aromatic nitrogens is 2. The fraction of sp³-hybridized carbons (Fsp3) is 0.0526. The third-order valence-corrected chi connectivity index (χ3v) is 6.17. The molecule has 9 heteroatoms. The average Bonchev–Trinajstić information content (AvgIpc) is 3.01. The molecular formula is C19H12BrClN4O2S. The topological polar surface area (TPSA) is 81.0 Å². The Labute approximate surface area is 177 Å². The van der Waals surface area contributed by atoms with Crippen molar-refractivity contribution in [1.82, 2.24) is 9.97 Å². The normalized spacial score (nSPS) is 11.0. The third-order valence-electron chi connectivity index (χ3n) is 4.21. The Kier molecular flexibility index (Phi) is 5.01. The molecule has 0 bridgehead atoms. The molecule has 1 N–H and O–H groups in total. The lowest BCUT2D eigenvalue weighted by molar-refractivity contribution is -0.384. The zero-order valence-electron chi connectivity index (χ0n) is 14.4. The molecule has 0 amide bonds. The molecule has 0 spiro atoms. The number of rotatable bonds is 4. The van der Waals surface area contributed by atoms with Gasteiger partial charge >= 0.3 is 0 Å². The number of nitro benzene ring substituents is 1. The maximum absolute atomic E-state index is 11.1. The van der Waals surface area contributed by atoms with E-state index in [-0.39, 0.29) is 5.69 Å². The number of hydrogen-bond acceptors (Lipinski definition) is 6. The van der Waals surface area contributed by atoms with Gasteiger partial charge in [-0.15, -0.1) is 11.3 Å². The Balaban J connectivity index is 1.88. The van der Waals surface area contributed by atoms with Gasteiger partial charge in [-0.05, 0) is 46.6 Å². The number of aryl methyl sites for hydroxylation is 1. The molecule has 0 aliphatic carbocycles. The number of thiophene rings is 1. The monoisotopic (exact) mass is 474 g/mol. The number of halogens is 2. The summed E-state index contributed by atoms with van der Waals surface area (Å²) in [5, 5.41) is 15.9. The Morgan fingerprint density at radius 3 is 2.64 bits per heavy atom. The van der Waals surface area contributed by atoms with Crippen LogP contribution in [0.4, 0.5) is 17.2 Å². The first-order chi connectivity index (χ1) is 13.4. The van der Waals surface area contributed by atoms with E-state index in [1.165, 1.54) is 18.5 Å². The maximum Gasteiger partial charge on any atom is 0.271 e. The third kappa shape index (κ3) is 3.46. The highest BCUT2D eigenvalue weighted by Crippen LogP contribution is 2.42. The van der Waals surface area contributed by atoms with Crippen LogP contribution in [0.25, 0.3) is 21.3 Å². The fourth-order valence-electron chi connectivity index (χ4n) is 2.95. The molecule has 0 atom stereocenters. The molecular weight excluding hydrogens is 464 g/mol. The number of nitrogens with one attached hydrogen (secondary N) is 1. The van der Waals surface area contributed by atoms with Crippen LogP contribution in [0.5, 0.6) is 0 Å². The highest BCUT2D eigenvalue weighted by Gasteiger charge is 2.18. The van der Waals surface area contributed by atoms with Gasteiger partial charge < -0.3 is 5.32 Å². The molecule has 4 aromatic rings. The van der Waals surface area contributed by atoms with Crippen molar-refractivity contribution in [2.45, 2.75) is 6.92 Å². The summed E-state index contributed by atoms with van der Waals surface area (Å²) in [6, 6.07) is 12.1. The van der Waals surface area contributed by atoms with E-state index >= 15 is 0 Å². The second-order valence-electron chi connectivity index (χ2n) is 5.99. The molecule has 2 aromatic carbocycles. The molecule has 2 heterocycles. The predicted molar refractivity (Wildman–Crippen MR) is 117 cm³/mol. The Hall–Kier alpha value is -2.55. The second-order valence-corrected chi connectivity index (χ2v) is 8.48. The quantitative estimate of drug-likeness (QED) is 0.261. The van der Waals surface area contributed by atoms with Crippen LogP contribution in [0.1, 0.15) is 4.88 Å². The van der Waals surface area contributed by atoms with E-state index in [2.05, 4.69) is 31.2 Å². The van der Waals surface area contributed by atoms with Gasteiger partial charge in [0.1, 0.15) is 17.0 Å². The van der Waals surface area contributed by atoms with E-state index in [0.29, 0.717) is 21.0 Å². The van der Waals surface area contributed by atoms with Crippen molar-refractivity contribution in [2.24, 2.45) is 0 Å². The van der Waals surface area contributed by atoms with Gasteiger partial charge in [-0.1, -0.05) is 23.7 Å².